The second kappa shape index (κ2) is 4.88. The summed E-state index contributed by atoms with van der Waals surface area (Å²) in [6.07, 6.45) is -2.90. The first kappa shape index (κ1) is 13.3. The predicted octanol–water partition coefficient (Wildman–Crippen LogP) is -1.93. The van der Waals surface area contributed by atoms with Crippen molar-refractivity contribution < 1.29 is 15.3 Å². The van der Waals surface area contributed by atoms with E-state index < -0.39 is 23.9 Å². The lowest BCUT2D eigenvalue weighted by Gasteiger charge is -2.19. The van der Waals surface area contributed by atoms with Crippen LogP contribution in [0.15, 0.2) is 11.0 Å². The van der Waals surface area contributed by atoms with Crippen LogP contribution in [0.25, 0.3) is 11.2 Å². The van der Waals surface area contributed by atoms with E-state index in [2.05, 4.69) is 19.9 Å². The number of nitrogen functional groups attached to an aromatic ring is 1. The van der Waals surface area contributed by atoms with Crippen molar-refractivity contribution in [2.45, 2.75) is 25.2 Å². The number of nitrogens with one attached hydrogen (secondary N) is 1. The van der Waals surface area contributed by atoms with E-state index in [1.54, 1.807) is 0 Å². The van der Waals surface area contributed by atoms with Gasteiger partial charge in [-0.2, -0.15) is 4.98 Å². The van der Waals surface area contributed by atoms with Gasteiger partial charge in [-0.3, -0.25) is 9.78 Å². The van der Waals surface area contributed by atoms with Crippen molar-refractivity contribution in [1.29, 1.82) is 0 Å². The molecule has 6 N–H and O–H groups in total. The van der Waals surface area contributed by atoms with Crippen LogP contribution < -0.4 is 11.3 Å². The van der Waals surface area contributed by atoms with Crippen LogP contribution in [-0.4, -0.2) is 47.5 Å². The van der Waals surface area contributed by atoms with Gasteiger partial charge >= 0.3 is 0 Å². The van der Waals surface area contributed by atoms with Crippen LogP contribution in [0.4, 0.5) is 5.95 Å². The molecule has 0 bridgehead atoms. The fourth-order valence-electron chi connectivity index (χ4n) is 1.53. The highest BCUT2D eigenvalue weighted by molar-refractivity contribution is 5.69. The number of H-pyrrole nitrogens is 1. The quantitative estimate of drug-likeness (QED) is 0.430. The van der Waals surface area contributed by atoms with Gasteiger partial charge in [0.15, 0.2) is 11.2 Å². The molecule has 2 rings (SSSR count). The highest BCUT2D eigenvalue weighted by atomic mass is 16.4. The zero-order valence-corrected chi connectivity index (χ0v) is 9.98. The Bertz CT molecular complexity index is 656. The molecule has 0 unspecified atom stereocenters. The number of rotatable bonds is 3. The van der Waals surface area contributed by atoms with Gasteiger partial charge in [-0.15, -0.1) is 0 Å². The van der Waals surface area contributed by atoms with E-state index in [1.165, 1.54) is 6.92 Å². The van der Waals surface area contributed by atoms with Crippen LogP contribution in [0.2, 0.25) is 0 Å². The molecule has 2 aromatic heterocycles. The zero-order chi connectivity index (χ0) is 14.2. The molecule has 0 spiro atoms. The molecule has 0 saturated carbocycles. The second-order valence-corrected chi connectivity index (χ2v) is 4.09. The molecule has 3 atom stereocenters. The van der Waals surface area contributed by atoms with Gasteiger partial charge in [0.05, 0.1) is 18.0 Å². The van der Waals surface area contributed by atoms with Crippen LogP contribution in [0.3, 0.4) is 0 Å². The van der Waals surface area contributed by atoms with Crippen molar-refractivity contribution in [3.8, 4) is 0 Å². The molecule has 0 amide bonds. The molecule has 9 heteroatoms. The first-order chi connectivity index (χ1) is 8.90. The number of aliphatic hydroxyl groups excluding tert-OH is 3. The second-order valence-electron chi connectivity index (χ2n) is 4.09. The minimum absolute atomic E-state index is 0.0312. The summed E-state index contributed by atoms with van der Waals surface area (Å²) >= 11 is 0. The lowest BCUT2D eigenvalue weighted by Crippen LogP contribution is -2.30. The standard InChI is InChI=1S/C10H13N5O4/c1-3(16)6(17)7(18)4-2-12-8-5(13-4)9(19)15-10(11)14-8/h2-3,6-7,16-18H,1H3,(H3,11,12,14,15,19)/t3-,6-,7-/m0/s1. The number of hydrogen-bond donors (Lipinski definition) is 5. The highest BCUT2D eigenvalue weighted by Crippen LogP contribution is 2.17. The Morgan fingerprint density at radius 3 is 2.63 bits per heavy atom. The number of fused-ring (bicyclic) bond motifs is 1. The van der Waals surface area contributed by atoms with E-state index >= 15 is 0 Å². The van der Waals surface area contributed by atoms with Crippen molar-refractivity contribution in [3.63, 3.8) is 0 Å². The summed E-state index contributed by atoms with van der Waals surface area (Å²) in [7, 11) is 0. The minimum atomic E-state index is -1.46. The Morgan fingerprint density at radius 1 is 1.32 bits per heavy atom. The van der Waals surface area contributed by atoms with Gasteiger partial charge in [0.25, 0.3) is 5.56 Å². The summed E-state index contributed by atoms with van der Waals surface area (Å²) in [6, 6.07) is 0. The van der Waals surface area contributed by atoms with Gasteiger partial charge in [-0.1, -0.05) is 0 Å². The van der Waals surface area contributed by atoms with E-state index in [0.29, 0.717) is 0 Å². The molecule has 0 saturated heterocycles. The van der Waals surface area contributed by atoms with Gasteiger partial charge in [-0.05, 0) is 6.92 Å². The van der Waals surface area contributed by atoms with Crippen molar-refractivity contribution in [2.75, 3.05) is 5.73 Å². The third-order valence-electron chi connectivity index (χ3n) is 2.58. The van der Waals surface area contributed by atoms with E-state index in [9.17, 15) is 20.1 Å². The maximum Gasteiger partial charge on any atom is 0.280 e. The van der Waals surface area contributed by atoms with Crippen molar-refractivity contribution in [3.05, 3.63) is 22.2 Å². The summed E-state index contributed by atoms with van der Waals surface area (Å²) in [5.41, 5.74) is 4.63. The molecule has 0 aliphatic rings. The van der Waals surface area contributed by atoms with Crippen LogP contribution in [0.5, 0.6) is 0 Å². The monoisotopic (exact) mass is 267 g/mol. The molecular weight excluding hydrogens is 254 g/mol. The predicted molar refractivity (Wildman–Crippen MR) is 65.0 cm³/mol. The topological polar surface area (TPSA) is 158 Å². The van der Waals surface area contributed by atoms with E-state index in [0.717, 1.165) is 6.20 Å². The summed E-state index contributed by atoms with van der Waals surface area (Å²) < 4.78 is 0. The van der Waals surface area contributed by atoms with Crippen molar-refractivity contribution >= 4 is 17.1 Å². The molecule has 0 radical (unpaired) electrons. The first-order valence-electron chi connectivity index (χ1n) is 5.46. The third kappa shape index (κ3) is 2.52. The summed E-state index contributed by atoms with van der Waals surface area (Å²) in [5, 5.41) is 28.5. The number of nitrogens with two attached hydrogens (primary N) is 1. The Kier molecular flexibility index (Phi) is 3.42. The van der Waals surface area contributed by atoms with E-state index in [1.807, 2.05) is 0 Å². The van der Waals surface area contributed by atoms with Crippen LogP contribution in [0, 0.1) is 0 Å². The zero-order valence-electron chi connectivity index (χ0n) is 9.98. The summed E-state index contributed by atoms with van der Waals surface area (Å²) in [5.74, 6) is -0.0934. The normalized spacial score (nSPS) is 16.2. The SMILES string of the molecule is C[C@H](O)[C@H](O)[C@@H](O)c1cnc2nc(N)[nH]c(=O)c2n1. The Morgan fingerprint density at radius 2 is 2.00 bits per heavy atom. The molecule has 0 aliphatic heterocycles. The lowest BCUT2D eigenvalue weighted by atomic mass is 10.1. The summed E-state index contributed by atoms with van der Waals surface area (Å²) in [4.78, 5) is 25.3. The van der Waals surface area contributed by atoms with Crippen molar-refractivity contribution in [1.82, 2.24) is 19.9 Å². The highest BCUT2D eigenvalue weighted by Gasteiger charge is 2.25. The van der Waals surface area contributed by atoms with E-state index in [4.69, 9.17) is 5.73 Å². The van der Waals surface area contributed by atoms with E-state index in [-0.39, 0.29) is 22.8 Å². The molecule has 0 aliphatic carbocycles. The van der Waals surface area contributed by atoms with Gasteiger partial charge in [0, 0.05) is 0 Å². The first-order valence-corrected chi connectivity index (χ1v) is 5.46. The Balaban J connectivity index is 2.50. The average Bonchev–Trinajstić information content (AvgIpc) is 2.36. The number of aromatic amines is 1. The Hall–Kier alpha value is -2.10. The Labute approximate surface area is 106 Å². The van der Waals surface area contributed by atoms with Gasteiger partial charge in [0.2, 0.25) is 5.95 Å². The largest absolute Gasteiger partial charge is 0.391 e. The minimum Gasteiger partial charge on any atom is -0.391 e. The fraction of sp³-hybridized carbons (Fsp3) is 0.400. The van der Waals surface area contributed by atoms with Gasteiger partial charge < -0.3 is 21.1 Å². The lowest BCUT2D eigenvalue weighted by molar-refractivity contribution is -0.0548. The molecule has 19 heavy (non-hydrogen) atoms. The number of anilines is 1. The molecule has 0 fully saturated rings. The van der Waals surface area contributed by atoms with Crippen LogP contribution >= 0.6 is 0 Å². The molecule has 9 nitrogen and oxygen atoms in total. The van der Waals surface area contributed by atoms with Crippen molar-refractivity contribution in [2.24, 2.45) is 0 Å². The smallest absolute Gasteiger partial charge is 0.280 e. The van der Waals surface area contributed by atoms with Gasteiger partial charge in [-0.25, -0.2) is 9.97 Å². The molecule has 2 aromatic rings. The molecule has 0 aromatic carbocycles. The molecule has 102 valence electrons. The van der Waals surface area contributed by atoms with Crippen LogP contribution in [-0.2, 0) is 0 Å². The average molecular weight is 267 g/mol. The molecule has 2 heterocycles. The van der Waals surface area contributed by atoms with Gasteiger partial charge in [0.1, 0.15) is 12.2 Å². The maximum atomic E-state index is 11.6. The summed E-state index contributed by atoms with van der Waals surface area (Å²) in [6.45, 7) is 1.32. The maximum absolute atomic E-state index is 11.6. The number of aliphatic hydroxyl groups is 3. The van der Waals surface area contributed by atoms with Crippen LogP contribution in [0.1, 0.15) is 18.7 Å². The number of hydrogen-bond acceptors (Lipinski definition) is 8. The number of nitrogens with zero attached hydrogens (tertiary/aromatic N) is 3. The third-order valence-corrected chi connectivity index (χ3v) is 2.58. The fourth-order valence-corrected chi connectivity index (χ4v) is 1.53. The number of aromatic nitrogens is 4. The molecular formula is C10H13N5O4.